The van der Waals surface area contributed by atoms with Crippen LogP contribution in [0.15, 0.2) is 24.3 Å². The van der Waals surface area contributed by atoms with Gasteiger partial charge < -0.3 is 9.84 Å². The van der Waals surface area contributed by atoms with Gasteiger partial charge in [0.05, 0.1) is 5.60 Å². The van der Waals surface area contributed by atoms with E-state index in [2.05, 4.69) is 46.9 Å². The van der Waals surface area contributed by atoms with Crippen molar-refractivity contribution in [3.05, 3.63) is 33.4 Å². The Bertz CT molecular complexity index is 326. The first-order valence-electron chi connectivity index (χ1n) is 5.73. The molecule has 1 aromatic rings. The smallest absolute Gasteiger partial charge is 0.0710 e. The van der Waals surface area contributed by atoms with Crippen LogP contribution >= 0.6 is 22.6 Å². The number of halogens is 1. The Morgan fingerprint density at radius 3 is 2.69 bits per heavy atom. The predicted molar refractivity (Wildman–Crippen MR) is 72.5 cm³/mol. The standard InChI is InChI=1S/C13H17IO2/c14-12-4-2-11(3-5-12)10-13(15)6-1-8-16-9-7-13/h2-5,15H,1,6-10H2. The molecule has 88 valence electrons. The zero-order valence-corrected chi connectivity index (χ0v) is 11.4. The highest BCUT2D eigenvalue weighted by molar-refractivity contribution is 14.1. The number of benzene rings is 1. The minimum Gasteiger partial charge on any atom is -0.389 e. The fourth-order valence-corrected chi connectivity index (χ4v) is 2.51. The van der Waals surface area contributed by atoms with Crippen LogP contribution in [0.5, 0.6) is 0 Å². The first-order chi connectivity index (χ1) is 7.68. The quantitative estimate of drug-likeness (QED) is 0.844. The van der Waals surface area contributed by atoms with E-state index in [0.717, 1.165) is 32.3 Å². The van der Waals surface area contributed by atoms with Crippen molar-refractivity contribution < 1.29 is 9.84 Å². The fourth-order valence-electron chi connectivity index (χ4n) is 2.15. The van der Waals surface area contributed by atoms with Crippen molar-refractivity contribution >= 4 is 22.6 Å². The van der Waals surface area contributed by atoms with Crippen molar-refractivity contribution in [1.29, 1.82) is 0 Å². The second-order valence-electron chi connectivity index (χ2n) is 4.49. The average Bonchev–Trinajstić information content (AvgIpc) is 2.47. The lowest BCUT2D eigenvalue weighted by molar-refractivity contribution is 0.0189. The van der Waals surface area contributed by atoms with Crippen LogP contribution in [0, 0.1) is 3.57 Å². The summed E-state index contributed by atoms with van der Waals surface area (Å²) in [6.45, 7) is 1.47. The number of ether oxygens (including phenoxy) is 1. The Balaban J connectivity index is 2.04. The molecule has 3 heteroatoms. The molecule has 0 radical (unpaired) electrons. The first-order valence-corrected chi connectivity index (χ1v) is 6.80. The van der Waals surface area contributed by atoms with Crippen molar-refractivity contribution in [3.8, 4) is 0 Å². The SMILES string of the molecule is OC1(Cc2ccc(I)cc2)CCCOCC1. The van der Waals surface area contributed by atoms with E-state index in [1.165, 1.54) is 9.13 Å². The van der Waals surface area contributed by atoms with E-state index < -0.39 is 5.60 Å². The summed E-state index contributed by atoms with van der Waals surface area (Å²) in [6, 6.07) is 8.38. The van der Waals surface area contributed by atoms with Gasteiger partial charge in [-0.15, -0.1) is 0 Å². The van der Waals surface area contributed by atoms with Crippen molar-refractivity contribution in [2.24, 2.45) is 0 Å². The number of rotatable bonds is 2. The molecule has 0 amide bonds. The van der Waals surface area contributed by atoms with Gasteiger partial charge in [0.1, 0.15) is 0 Å². The van der Waals surface area contributed by atoms with E-state index in [1.807, 2.05) is 0 Å². The summed E-state index contributed by atoms with van der Waals surface area (Å²) < 4.78 is 6.62. The number of aliphatic hydroxyl groups is 1. The molecular formula is C13H17IO2. The molecule has 0 bridgehead atoms. The minimum atomic E-state index is -0.566. The van der Waals surface area contributed by atoms with Crippen LogP contribution in [0.1, 0.15) is 24.8 Å². The van der Waals surface area contributed by atoms with Gasteiger partial charge in [-0.2, -0.15) is 0 Å². The van der Waals surface area contributed by atoms with E-state index in [4.69, 9.17) is 4.74 Å². The summed E-state index contributed by atoms with van der Waals surface area (Å²) in [5, 5.41) is 10.5. The molecule has 1 atom stereocenters. The van der Waals surface area contributed by atoms with E-state index >= 15 is 0 Å². The number of hydrogen-bond donors (Lipinski definition) is 1. The summed E-state index contributed by atoms with van der Waals surface area (Å²) >= 11 is 2.29. The van der Waals surface area contributed by atoms with Crippen molar-refractivity contribution in [2.45, 2.75) is 31.3 Å². The van der Waals surface area contributed by atoms with E-state index in [1.54, 1.807) is 0 Å². The predicted octanol–water partition coefficient (Wildman–Crippen LogP) is 2.77. The maximum atomic E-state index is 10.5. The van der Waals surface area contributed by atoms with Crippen LogP contribution in [0.2, 0.25) is 0 Å². The molecule has 0 spiro atoms. The van der Waals surface area contributed by atoms with Gasteiger partial charge in [-0.3, -0.25) is 0 Å². The summed E-state index contributed by atoms with van der Waals surface area (Å²) in [6.07, 6.45) is 3.30. The third kappa shape index (κ3) is 3.43. The topological polar surface area (TPSA) is 29.5 Å². The van der Waals surface area contributed by atoms with Gasteiger partial charge in [0.25, 0.3) is 0 Å². The van der Waals surface area contributed by atoms with Crippen LogP contribution in [0.25, 0.3) is 0 Å². The normalized spacial score (nSPS) is 26.4. The molecule has 0 saturated carbocycles. The van der Waals surface area contributed by atoms with Crippen LogP contribution in [-0.2, 0) is 11.2 Å². The maximum absolute atomic E-state index is 10.5. The Labute approximate surface area is 110 Å². The van der Waals surface area contributed by atoms with Crippen LogP contribution in [0.3, 0.4) is 0 Å². The third-order valence-corrected chi connectivity index (χ3v) is 3.81. The van der Waals surface area contributed by atoms with Gasteiger partial charge in [-0.1, -0.05) is 12.1 Å². The van der Waals surface area contributed by atoms with E-state index in [9.17, 15) is 5.11 Å². The van der Waals surface area contributed by atoms with E-state index in [0.29, 0.717) is 6.61 Å². The van der Waals surface area contributed by atoms with Crippen LogP contribution in [0.4, 0.5) is 0 Å². The summed E-state index contributed by atoms with van der Waals surface area (Å²) in [4.78, 5) is 0. The van der Waals surface area contributed by atoms with Gasteiger partial charge >= 0.3 is 0 Å². The summed E-state index contributed by atoms with van der Waals surface area (Å²) in [7, 11) is 0. The average molecular weight is 332 g/mol. The molecule has 1 aromatic carbocycles. The van der Waals surface area contributed by atoms with Crippen LogP contribution < -0.4 is 0 Å². The van der Waals surface area contributed by atoms with Crippen LogP contribution in [-0.4, -0.2) is 23.9 Å². The molecule has 0 aliphatic carbocycles. The Morgan fingerprint density at radius 1 is 1.19 bits per heavy atom. The van der Waals surface area contributed by atoms with Gasteiger partial charge in [-0.05, 0) is 59.5 Å². The van der Waals surface area contributed by atoms with Crippen molar-refractivity contribution in [2.75, 3.05) is 13.2 Å². The molecular weight excluding hydrogens is 315 g/mol. The first kappa shape index (κ1) is 12.3. The number of hydrogen-bond acceptors (Lipinski definition) is 2. The Kier molecular flexibility index (Phi) is 4.21. The lowest BCUT2D eigenvalue weighted by Gasteiger charge is -2.26. The molecule has 1 heterocycles. The Morgan fingerprint density at radius 2 is 1.94 bits per heavy atom. The zero-order chi connectivity index (χ0) is 11.4. The van der Waals surface area contributed by atoms with Gasteiger partial charge in [-0.25, -0.2) is 0 Å². The van der Waals surface area contributed by atoms with Crippen molar-refractivity contribution in [3.63, 3.8) is 0 Å². The molecule has 1 fully saturated rings. The second-order valence-corrected chi connectivity index (χ2v) is 5.74. The largest absolute Gasteiger partial charge is 0.389 e. The third-order valence-electron chi connectivity index (χ3n) is 3.09. The zero-order valence-electron chi connectivity index (χ0n) is 9.29. The van der Waals surface area contributed by atoms with Gasteiger partial charge in [0, 0.05) is 23.2 Å². The monoisotopic (exact) mass is 332 g/mol. The molecule has 0 aromatic heterocycles. The van der Waals surface area contributed by atoms with E-state index in [-0.39, 0.29) is 0 Å². The fraction of sp³-hybridized carbons (Fsp3) is 0.538. The summed E-state index contributed by atoms with van der Waals surface area (Å²) in [5.41, 5.74) is 0.647. The highest BCUT2D eigenvalue weighted by Gasteiger charge is 2.28. The highest BCUT2D eigenvalue weighted by Crippen LogP contribution is 2.25. The molecule has 2 rings (SSSR count). The Hall–Kier alpha value is -0.130. The lowest BCUT2D eigenvalue weighted by atomic mass is 9.88. The summed E-state index contributed by atoms with van der Waals surface area (Å²) in [5.74, 6) is 0. The second kappa shape index (κ2) is 5.47. The lowest BCUT2D eigenvalue weighted by Crippen LogP contribution is -2.31. The molecule has 2 nitrogen and oxygen atoms in total. The maximum Gasteiger partial charge on any atom is 0.0710 e. The molecule has 1 saturated heterocycles. The molecule has 16 heavy (non-hydrogen) atoms. The highest BCUT2D eigenvalue weighted by atomic mass is 127. The molecule has 1 unspecified atom stereocenters. The molecule has 1 aliphatic heterocycles. The molecule has 1 aliphatic rings. The van der Waals surface area contributed by atoms with Gasteiger partial charge in [0.15, 0.2) is 0 Å². The molecule has 1 N–H and O–H groups in total. The van der Waals surface area contributed by atoms with Gasteiger partial charge in [0.2, 0.25) is 0 Å². The van der Waals surface area contributed by atoms with Crippen molar-refractivity contribution in [1.82, 2.24) is 0 Å². The minimum absolute atomic E-state index is 0.566.